The third-order valence-electron chi connectivity index (χ3n) is 2.51. The van der Waals surface area contributed by atoms with Crippen LogP contribution < -0.4 is 5.32 Å². The minimum atomic E-state index is -0.323. The molecule has 0 aromatic carbocycles. The lowest BCUT2D eigenvalue weighted by Gasteiger charge is -2.06. The van der Waals surface area contributed by atoms with Crippen molar-refractivity contribution in [1.82, 2.24) is 5.32 Å². The number of carbonyl (C=O) groups excluding carboxylic acids is 2. The van der Waals surface area contributed by atoms with Crippen molar-refractivity contribution in [2.24, 2.45) is 4.99 Å². The second-order valence-electron chi connectivity index (χ2n) is 4.16. The van der Waals surface area contributed by atoms with Crippen LogP contribution in [0.5, 0.6) is 0 Å². The van der Waals surface area contributed by atoms with Gasteiger partial charge in [0.25, 0.3) is 0 Å². The molecule has 0 bridgehead atoms. The second-order valence-corrected chi connectivity index (χ2v) is 4.16. The van der Waals surface area contributed by atoms with Crippen molar-refractivity contribution in [3.63, 3.8) is 0 Å². The summed E-state index contributed by atoms with van der Waals surface area (Å²) in [6, 6.07) is 0. The largest absolute Gasteiger partial charge is 0.450 e. The highest BCUT2D eigenvalue weighted by atomic mass is 16.5. The van der Waals surface area contributed by atoms with Gasteiger partial charge in [0, 0.05) is 6.54 Å². The Hall–Kier alpha value is -1.35. The van der Waals surface area contributed by atoms with Crippen LogP contribution in [0.4, 0.5) is 4.79 Å². The van der Waals surface area contributed by atoms with Gasteiger partial charge in [-0.1, -0.05) is 32.6 Å². The molecule has 0 spiro atoms. The molecule has 0 saturated heterocycles. The van der Waals surface area contributed by atoms with Crippen molar-refractivity contribution in [3.05, 3.63) is 0 Å². The quantitative estimate of drug-likeness (QED) is 0.351. The van der Waals surface area contributed by atoms with Gasteiger partial charge in [0.2, 0.25) is 6.08 Å². The fraction of sp³-hybridized carbons (Fsp3) is 0.846. The molecule has 0 rings (SSSR count). The van der Waals surface area contributed by atoms with Crippen LogP contribution in [0, 0.1) is 0 Å². The van der Waals surface area contributed by atoms with Crippen LogP contribution in [0.1, 0.15) is 51.9 Å². The summed E-state index contributed by atoms with van der Waals surface area (Å²) in [5.74, 6) is 0. The summed E-state index contributed by atoms with van der Waals surface area (Å²) in [5, 5.41) is 2.71. The minimum absolute atomic E-state index is 0.323. The molecule has 0 radical (unpaired) electrons. The maximum Gasteiger partial charge on any atom is 0.407 e. The molecule has 0 saturated carbocycles. The fourth-order valence-corrected chi connectivity index (χ4v) is 1.47. The molecular weight excluding hydrogens is 232 g/mol. The average Bonchev–Trinajstić information content (AvgIpc) is 2.38. The number of amides is 1. The minimum Gasteiger partial charge on any atom is -0.450 e. The van der Waals surface area contributed by atoms with E-state index < -0.39 is 0 Å². The number of hydrogen-bond donors (Lipinski definition) is 1. The van der Waals surface area contributed by atoms with E-state index in [2.05, 4.69) is 17.2 Å². The highest BCUT2D eigenvalue weighted by molar-refractivity contribution is 5.66. The molecule has 0 unspecified atom stereocenters. The van der Waals surface area contributed by atoms with Crippen LogP contribution >= 0.6 is 0 Å². The maximum absolute atomic E-state index is 11.2. The predicted molar refractivity (Wildman–Crippen MR) is 70.3 cm³/mol. The number of nitrogens with one attached hydrogen (secondary N) is 1. The highest BCUT2D eigenvalue weighted by Gasteiger charge is 1.99. The van der Waals surface area contributed by atoms with Gasteiger partial charge in [-0.3, -0.25) is 0 Å². The zero-order valence-electron chi connectivity index (χ0n) is 11.2. The second kappa shape index (κ2) is 13.7. The van der Waals surface area contributed by atoms with Crippen LogP contribution in [0.25, 0.3) is 0 Å². The molecule has 18 heavy (non-hydrogen) atoms. The summed E-state index contributed by atoms with van der Waals surface area (Å²) in [6.45, 7) is 3.81. The molecule has 0 aliphatic carbocycles. The smallest absolute Gasteiger partial charge is 0.407 e. The van der Waals surface area contributed by atoms with Crippen molar-refractivity contribution >= 4 is 12.2 Å². The highest BCUT2D eigenvalue weighted by Crippen LogP contribution is 1.99. The molecule has 0 aliphatic rings. The van der Waals surface area contributed by atoms with Gasteiger partial charge in [0.1, 0.15) is 0 Å². The monoisotopic (exact) mass is 256 g/mol. The van der Waals surface area contributed by atoms with Crippen molar-refractivity contribution in [3.8, 4) is 0 Å². The molecule has 1 amide bonds. The van der Waals surface area contributed by atoms with E-state index in [4.69, 9.17) is 4.74 Å². The van der Waals surface area contributed by atoms with Crippen molar-refractivity contribution < 1.29 is 14.3 Å². The third-order valence-corrected chi connectivity index (χ3v) is 2.51. The van der Waals surface area contributed by atoms with E-state index in [9.17, 15) is 9.59 Å². The fourth-order valence-electron chi connectivity index (χ4n) is 1.47. The van der Waals surface area contributed by atoms with E-state index in [1.54, 1.807) is 0 Å². The van der Waals surface area contributed by atoms with E-state index in [1.807, 2.05) is 0 Å². The lowest BCUT2D eigenvalue weighted by Crippen LogP contribution is -2.25. The van der Waals surface area contributed by atoms with Gasteiger partial charge in [-0.2, -0.15) is 0 Å². The first-order chi connectivity index (χ1) is 8.81. The first-order valence-electron chi connectivity index (χ1n) is 6.75. The summed E-state index contributed by atoms with van der Waals surface area (Å²) < 4.78 is 5.00. The van der Waals surface area contributed by atoms with Crippen LogP contribution in [-0.2, 0) is 9.53 Å². The van der Waals surface area contributed by atoms with Crippen LogP contribution in [-0.4, -0.2) is 31.9 Å². The predicted octanol–water partition coefficient (Wildman–Crippen LogP) is 2.80. The molecule has 1 N–H and O–H groups in total. The normalized spacial score (nSPS) is 9.61. The van der Waals surface area contributed by atoms with E-state index in [1.165, 1.54) is 6.08 Å². The number of rotatable bonds is 11. The van der Waals surface area contributed by atoms with Crippen molar-refractivity contribution in [1.29, 1.82) is 0 Å². The topological polar surface area (TPSA) is 67.8 Å². The van der Waals surface area contributed by atoms with Gasteiger partial charge in [0.05, 0.1) is 13.2 Å². The Balaban J connectivity index is 3.17. The van der Waals surface area contributed by atoms with E-state index >= 15 is 0 Å². The molecule has 5 nitrogen and oxygen atoms in total. The molecule has 0 heterocycles. The number of isocyanates is 1. The zero-order chi connectivity index (χ0) is 13.5. The standard InChI is InChI=1S/C13H24N2O3/c1-2-3-8-11-18-13(17)15-10-7-5-4-6-9-14-12-16/h2-11H2,1H3,(H,15,17). The number of aliphatic imine (C=N–C) groups is 1. The Labute approximate surface area is 109 Å². The van der Waals surface area contributed by atoms with Crippen LogP contribution in [0.15, 0.2) is 4.99 Å². The Morgan fingerprint density at radius 3 is 2.67 bits per heavy atom. The van der Waals surface area contributed by atoms with Gasteiger partial charge in [-0.15, -0.1) is 0 Å². The van der Waals surface area contributed by atoms with Crippen molar-refractivity contribution in [2.45, 2.75) is 51.9 Å². The Kier molecular flexibility index (Phi) is 12.7. The first kappa shape index (κ1) is 16.6. The number of nitrogens with zero attached hydrogens (tertiary/aromatic N) is 1. The van der Waals surface area contributed by atoms with Gasteiger partial charge in [-0.25, -0.2) is 14.6 Å². The Morgan fingerprint density at radius 2 is 1.94 bits per heavy atom. The number of hydrogen-bond acceptors (Lipinski definition) is 4. The molecule has 5 heteroatoms. The van der Waals surface area contributed by atoms with E-state index in [0.29, 0.717) is 19.7 Å². The Morgan fingerprint density at radius 1 is 1.17 bits per heavy atom. The molecular formula is C13H24N2O3. The first-order valence-corrected chi connectivity index (χ1v) is 6.75. The zero-order valence-corrected chi connectivity index (χ0v) is 11.2. The Bertz CT molecular complexity index is 251. The van der Waals surface area contributed by atoms with Gasteiger partial charge >= 0.3 is 6.09 Å². The summed E-state index contributed by atoms with van der Waals surface area (Å²) >= 11 is 0. The number of alkyl carbamates (subject to hydrolysis) is 1. The molecule has 104 valence electrons. The van der Waals surface area contributed by atoms with E-state index in [0.717, 1.165) is 44.9 Å². The maximum atomic E-state index is 11.2. The van der Waals surface area contributed by atoms with E-state index in [-0.39, 0.29) is 6.09 Å². The van der Waals surface area contributed by atoms with Gasteiger partial charge in [-0.05, 0) is 19.3 Å². The van der Waals surface area contributed by atoms with Gasteiger partial charge in [0.15, 0.2) is 0 Å². The number of unbranched alkanes of at least 4 members (excludes halogenated alkanes) is 5. The average molecular weight is 256 g/mol. The lowest BCUT2D eigenvalue weighted by molar-refractivity contribution is 0.144. The summed E-state index contributed by atoms with van der Waals surface area (Å²) in [4.78, 5) is 24.4. The SMILES string of the molecule is CCCCCOC(=O)NCCCCCCN=C=O. The van der Waals surface area contributed by atoms with Crippen LogP contribution in [0.3, 0.4) is 0 Å². The number of ether oxygens (including phenoxy) is 1. The molecule has 0 atom stereocenters. The summed E-state index contributed by atoms with van der Waals surface area (Å²) in [7, 11) is 0. The molecule has 0 aromatic rings. The molecule has 0 fully saturated rings. The number of carbonyl (C=O) groups is 1. The molecule has 0 aromatic heterocycles. The van der Waals surface area contributed by atoms with Gasteiger partial charge < -0.3 is 10.1 Å². The molecule has 0 aliphatic heterocycles. The third kappa shape index (κ3) is 12.7. The van der Waals surface area contributed by atoms with Crippen LogP contribution in [0.2, 0.25) is 0 Å². The van der Waals surface area contributed by atoms with Crippen molar-refractivity contribution in [2.75, 3.05) is 19.7 Å². The summed E-state index contributed by atoms with van der Waals surface area (Å²) in [5.41, 5.74) is 0. The lowest BCUT2D eigenvalue weighted by atomic mass is 10.2. The summed E-state index contributed by atoms with van der Waals surface area (Å²) in [6.07, 6.45) is 8.20.